The van der Waals surface area contributed by atoms with Crippen LogP contribution in [0.1, 0.15) is 39.9 Å². The molecule has 1 saturated heterocycles. The van der Waals surface area contributed by atoms with Crippen LogP contribution in [0, 0.1) is 6.92 Å². The molecule has 0 radical (unpaired) electrons. The number of hydrogen-bond donors (Lipinski definition) is 0. The number of nitrogens with zero attached hydrogens (tertiary/aromatic N) is 4. The van der Waals surface area contributed by atoms with Crippen molar-refractivity contribution in [3.05, 3.63) is 70.5 Å². The van der Waals surface area contributed by atoms with Gasteiger partial charge in [-0.3, -0.25) is 4.79 Å². The van der Waals surface area contributed by atoms with Gasteiger partial charge in [0.05, 0.1) is 33.6 Å². The third-order valence-electron chi connectivity index (χ3n) is 6.82. The first-order valence-electron chi connectivity index (χ1n) is 11.4. The van der Waals surface area contributed by atoms with Gasteiger partial charge in [-0.25, -0.2) is 18.4 Å². The average molecular weight is 493 g/mol. The van der Waals surface area contributed by atoms with Gasteiger partial charge in [0, 0.05) is 13.1 Å². The van der Waals surface area contributed by atoms with Crippen LogP contribution in [0.25, 0.3) is 21.6 Å². The Kier molecular flexibility index (Phi) is 5.07. The lowest BCUT2D eigenvalue weighted by Gasteiger charge is -2.28. The summed E-state index contributed by atoms with van der Waals surface area (Å²) in [4.78, 5) is 26.2. The molecule has 1 atom stereocenters. The molecule has 34 heavy (non-hydrogen) atoms. The summed E-state index contributed by atoms with van der Waals surface area (Å²) in [6, 6.07) is 13.9. The van der Waals surface area contributed by atoms with Gasteiger partial charge in [0.1, 0.15) is 11.3 Å². The Morgan fingerprint density at radius 3 is 2.68 bits per heavy atom. The van der Waals surface area contributed by atoms with Gasteiger partial charge in [-0.1, -0.05) is 30.3 Å². The van der Waals surface area contributed by atoms with E-state index >= 15 is 0 Å². The average Bonchev–Trinajstić information content (AvgIpc) is 3.56. The molecule has 4 aromatic rings. The predicted molar refractivity (Wildman–Crippen MR) is 133 cm³/mol. The van der Waals surface area contributed by atoms with Gasteiger partial charge in [0.25, 0.3) is 5.91 Å². The van der Waals surface area contributed by atoms with Gasteiger partial charge >= 0.3 is 0 Å². The van der Waals surface area contributed by atoms with Crippen LogP contribution in [-0.2, 0) is 22.8 Å². The van der Waals surface area contributed by atoms with E-state index in [1.807, 2.05) is 52.1 Å². The van der Waals surface area contributed by atoms with Crippen LogP contribution in [0.3, 0.4) is 0 Å². The normalized spacial score (nSPS) is 19.4. The Morgan fingerprint density at radius 2 is 1.94 bits per heavy atom. The maximum absolute atomic E-state index is 13.8. The van der Waals surface area contributed by atoms with Crippen molar-refractivity contribution in [3.8, 4) is 10.6 Å². The molecule has 0 aliphatic carbocycles. The maximum Gasteiger partial charge on any atom is 0.275 e. The van der Waals surface area contributed by atoms with Crippen LogP contribution in [0.4, 0.5) is 0 Å². The number of carbonyl (C=O) groups excluding carboxylic acids is 1. The second-order valence-electron chi connectivity index (χ2n) is 9.03. The van der Waals surface area contributed by atoms with Crippen molar-refractivity contribution in [2.75, 3.05) is 18.1 Å². The molecule has 5 heterocycles. The molecule has 9 heteroatoms. The molecule has 7 nitrogen and oxygen atoms in total. The molecule has 1 amide bonds. The van der Waals surface area contributed by atoms with Crippen LogP contribution in [0.5, 0.6) is 0 Å². The molecular weight excluding hydrogens is 468 g/mol. The van der Waals surface area contributed by atoms with Crippen molar-refractivity contribution in [3.63, 3.8) is 0 Å². The molecule has 0 bridgehead atoms. The monoisotopic (exact) mass is 492 g/mol. The van der Waals surface area contributed by atoms with E-state index in [-0.39, 0.29) is 23.5 Å². The SMILES string of the molecule is Cc1nc2c(C(=O)N3CCc4ccccc4C3)nc(-c3cccs3)cc2n1C1CCS(=O)(=O)C1. The number of sulfone groups is 1. The molecule has 1 unspecified atom stereocenters. The van der Waals surface area contributed by atoms with Crippen molar-refractivity contribution in [2.45, 2.75) is 32.4 Å². The zero-order valence-electron chi connectivity index (χ0n) is 18.8. The summed E-state index contributed by atoms with van der Waals surface area (Å²) in [5, 5.41) is 1.98. The fraction of sp³-hybridized carbons (Fsp3) is 0.320. The summed E-state index contributed by atoms with van der Waals surface area (Å²) in [7, 11) is -3.07. The third-order valence-corrected chi connectivity index (χ3v) is 9.46. The van der Waals surface area contributed by atoms with Crippen molar-refractivity contribution in [1.29, 1.82) is 0 Å². The largest absolute Gasteiger partial charge is 0.333 e. The summed E-state index contributed by atoms with van der Waals surface area (Å²) >= 11 is 1.56. The second kappa shape index (κ2) is 8.02. The van der Waals surface area contributed by atoms with E-state index in [1.165, 1.54) is 5.56 Å². The van der Waals surface area contributed by atoms with E-state index in [1.54, 1.807) is 11.3 Å². The molecule has 6 rings (SSSR count). The highest BCUT2D eigenvalue weighted by Crippen LogP contribution is 2.34. The van der Waals surface area contributed by atoms with E-state index in [0.29, 0.717) is 42.2 Å². The van der Waals surface area contributed by atoms with E-state index in [2.05, 4.69) is 12.1 Å². The third kappa shape index (κ3) is 3.63. The Bertz CT molecular complexity index is 1520. The molecule has 0 N–H and O–H groups in total. The first kappa shape index (κ1) is 21.5. The molecule has 0 spiro atoms. The van der Waals surface area contributed by atoms with Crippen LogP contribution in [0.15, 0.2) is 47.8 Å². The first-order valence-corrected chi connectivity index (χ1v) is 14.1. The lowest BCUT2D eigenvalue weighted by molar-refractivity contribution is 0.0731. The van der Waals surface area contributed by atoms with Crippen molar-refractivity contribution in [2.24, 2.45) is 0 Å². The number of fused-ring (bicyclic) bond motifs is 2. The fourth-order valence-corrected chi connectivity index (χ4v) is 7.55. The molecule has 3 aromatic heterocycles. The van der Waals surface area contributed by atoms with Gasteiger partial charge in [-0.05, 0) is 48.4 Å². The van der Waals surface area contributed by atoms with E-state index in [9.17, 15) is 13.2 Å². The predicted octanol–water partition coefficient (Wildman–Crippen LogP) is 4.03. The van der Waals surface area contributed by atoms with Crippen LogP contribution in [0.2, 0.25) is 0 Å². The first-order chi connectivity index (χ1) is 16.4. The number of hydrogen-bond acceptors (Lipinski definition) is 6. The number of benzene rings is 1. The number of rotatable bonds is 3. The summed E-state index contributed by atoms with van der Waals surface area (Å²) in [6.07, 6.45) is 1.36. The van der Waals surface area contributed by atoms with Crippen molar-refractivity contribution >= 4 is 38.1 Å². The van der Waals surface area contributed by atoms with Crippen LogP contribution >= 0.6 is 11.3 Å². The highest BCUT2D eigenvalue weighted by atomic mass is 32.2. The Labute approximate surface area is 202 Å². The Balaban J connectivity index is 1.48. The summed E-state index contributed by atoms with van der Waals surface area (Å²) < 4.78 is 26.4. The fourth-order valence-electron chi connectivity index (χ4n) is 5.17. The number of amides is 1. The van der Waals surface area contributed by atoms with E-state index in [4.69, 9.17) is 9.97 Å². The minimum absolute atomic E-state index is 0.0994. The van der Waals surface area contributed by atoms with Crippen molar-refractivity contribution in [1.82, 2.24) is 19.4 Å². The smallest absolute Gasteiger partial charge is 0.275 e. The van der Waals surface area contributed by atoms with Gasteiger partial charge in [-0.15, -0.1) is 11.3 Å². The number of aromatic nitrogens is 3. The quantitative estimate of drug-likeness (QED) is 0.431. The van der Waals surface area contributed by atoms with Gasteiger partial charge in [0.15, 0.2) is 15.5 Å². The number of imidazole rings is 1. The van der Waals surface area contributed by atoms with Gasteiger partial charge < -0.3 is 9.47 Å². The minimum atomic E-state index is -3.07. The zero-order valence-corrected chi connectivity index (χ0v) is 20.4. The molecule has 2 aliphatic rings. The van der Waals surface area contributed by atoms with Crippen LogP contribution in [-0.4, -0.2) is 51.8 Å². The summed E-state index contributed by atoms with van der Waals surface area (Å²) in [5.74, 6) is 0.850. The Hall–Kier alpha value is -3.04. The minimum Gasteiger partial charge on any atom is -0.333 e. The van der Waals surface area contributed by atoms with Crippen molar-refractivity contribution < 1.29 is 13.2 Å². The summed E-state index contributed by atoms with van der Waals surface area (Å²) in [6.45, 7) is 3.05. The topological polar surface area (TPSA) is 85.2 Å². The molecule has 0 saturated carbocycles. The number of carbonyl (C=O) groups is 1. The highest BCUT2D eigenvalue weighted by Gasteiger charge is 2.33. The molecule has 174 valence electrons. The molecule has 1 aromatic carbocycles. The number of pyridine rings is 1. The number of aryl methyl sites for hydroxylation is 1. The molecule has 2 aliphatic heterocycles. The summed E-state index contributed by atoms with van der Waals surface area (Å²) in [5.41, 5.74) is 4.81. The zero-order chi connectivity index (χ0) is 23.4. The van der Waals surface area contributed by atoms with E-state index < -0.39 is 9.84 Å². The maximum atomic E-state index is 13.8. The van der Waals surface area contributed by atoms with Crippen LogP contribution < -0.4 is 0 Å². The second-order valence-corrected chi connectivity index (χ2v) is 12.2. The lowest BCUT2D eigenvalue weighted by Crippen LogP contribution is -2.36. The van der Waals surface area contributed by atoms with Gasteiger partial charge in [0.2, 0.25) is 0 Å². The molecular formula is C25H24N4O3S2. The Morgan fingerprint density at radius 1 is 1.12 bits per heavy atom. The lowest BCUT2D eigenvalue weighted by atomic mass is 9.99. The van der Waals surface area contributed by atoms with E-state index in [0.717, 1.165) is 22.4 Å². The number of thiophene rings is 1. The highest BCUT2D eigenvalue weighted by molar-refractivity contribution is 7.91. The standard InChI is InChI=1S/C25H24N4O3S2/c1-16-26-23-21(29(16)19-9-12-34(31,32)15-19)13-20(22-7-4-11-33-22)27-24(23)25(30)28-10-8-17-5-2-3-6-18(17)14-28/h2-7,11,13,19H,8-10,12,14-15H2,1H3. The van der Waals surface area contributed by atoms with Gasteiger partial charge in [-0.2, -0.15) is 0 Å². The molecule has 1 fully saturated rings.